The number of benzene rings is 1. The Morgan fingerprint density at radius 3 is 2.92 bits per heavy atom. The van der Waals surface area contributed by atoms with Gasteiger partial charge in [-0.2, -0.15) is 36.5 Å². The van der Waals surface area contributed by atoms with E-state index >= 15 is 0 Å². The first kappa shape index (κ1) is 12.6. The summed E-state index contributed by atoms with van der Waals surface area (Å²) in [5.74, 6) is 0. The quantitative estimate of drug-likeness (QED) is 0.306. The van der Waals surface area contributed by atoms with Gasteiger partial charge in [0.1, 0.15) is 0 Å². The molecular weight excluding hydrogens is 152 g/mol. The Labute approximate surface area is 101 Å². The molecule has 1 aromatic carbocycles. The van der Waals surface area contributed by atoms with Gasteiger partial charge in [-0.05, 0) is 0 Å². The first-order valence-corrected chi connectivity index (χ1v) is 3.17. The molecule has 0 radical (unpaired) electrons. The molecule has 0 atom stereocenters. The predicted molar refractivity (Wildman–Crippen MR) is 40.6 cm³/mol. The van der Waals surface area contributed by atoms with Crippen molar-refractivity contribution >= 4 is 11.0 Å². The molecule has 13 heavy (non-hydrogen) atoms. The molecule has 5 heteroatoms. The molecule has 0 saturated carbocycles. The topological polar surface area (TPSA) is 30.7 Å². The Balaban J connectivity index is 0.000000720. The minimum Gasteiger partial charge on any atom is -0.408 e. The minimum absolute atomic E-state index is 0. The summed E-state index contributed by atoms with van der Waals surface area (Å²) >= 11 is 0. The number of para-hydroxylation sites is 1. The largest absolute Gasteiger partial charge is 1.00 e. The van der Waals surface area contributed by atoms with E-state index in [0.29, 0.717) is 0 Å². The molecule has 0 unspecified atom stereocenters. The fourth-order valence-corrected chi connectivity index (χ4v) is 0.918. The number of hydrogen-bond donors (Lipinski definition) is 0. The van der Waals surface area contributed by atoms with Crippen LogP contribution in [0.25, 0.3) is 11.0 Å². The average Bonchev–Trinajstić information content (AvgIpc) is 2.47. The number of hydrogen-bond acceptors (Lipinski definition) is 2. The van der Waals surface area contributed by atoms with E-state index in [1.165, 1.54) is 4.68 Å². The van der Waals surface area contributed by atoms with E-state index in [4.69, 9.17) is 0 Å². The Morgan fingerprint density at radius 2 is 2.23 bits per heavy atom. The van der Waals surface area contributed by atoms with Gasteiger partial charge in [0.15, 0.2) is 0 Å². The molecule has 0 N–H and O–H groups in total. The standard InChI is InChI=1S/C8H5N3.2Li/c1-2-11-8-6-4-3-5-7(8)9-10-11;;/h3-5H,1H2;;/q-2;2*+1. The van der Waals surface area contributed by atoms with Crippen LogP contribution in [0.2, 0.25) is 0 Å². The van der Waals surface area contributed by atoms with Gasteiger partial charge in [-0.25, -0.2) is 5.10 Å². The van der Waals surface area contributed by atoms with Gasteiger partial charge in [-0.15, -0.1) is 5.21 Å². The molecule has 0 aliphatic heterocycles. The molecule has 0 spiro atoms. The summed E-state index contributed by atoms with van der Waals surface area (Å²) < 4.78 is 1.47. The summed E-state index contributed by atoms with van der Waals surface area (Å²) in [6, 6.07) is 8.52. The number of rotatable bonds is 1. The van der Waals surface area contributed by atoms with Gasteiger partial charge in [0.25, 0.3) is 0 Å². The fraction of sp³-hybridized carbons (Fsp3) is 0. The first-order valence-electron chi connectivity index (χ1n) is 3.17. The predicted octanol–water partition coefficient (Wildman–Crippen LogP) is -4.97. The zero-order chi connectivity index (χ0) is 7.68. The van der Waals surface area contributed by atoms with Crippen molar-refractivity contribution in [2.24, 2.45) is 0 Å². The molecule has 0 fully saturated rings. The van der Waals surface area contributed by atoms with Crippen molar-refractivity contribution in [3.8, 4) is 0 Å². The van der Waals surface area contributed by atoms with Gasteiger partial charge in [0.2, 0.25) is 0 Å². The fourth-order valence-electron chi connectivity index (χ4n) is 0.918. The summed E-state index contributed by atoms with van der Waals surface area (Å²) in [7, 11) is 0. The van der Waals surface area contributed by atoms with Crippen LogP contribution in [0.15, 0.2) is 24.8 Å². The number of aromatic nitrogens is 3. The van der Waals surface area contributed by atoms with E-state index in [1.807, 2.05) is 12.1 Å². The van der Waals surface area contributed by atoms with Crippen LogP contribution < -0.4 is 37.7 Å². The van der Waals surface area contributed by atoms with Gasteiger partial charge in [0, 0.05) is 0 Å². The third kappa shape index (κ3) is 2.27. The summed E-state index contributed by atoms with van der Waals surface area (Å²) in [6.07, 6.45) is 2.61. The van der Waals surface area contributed by atoms with Crippen molar-refractivity contribution in [1.29, 1.82) is 0 Å². The SMILES string of the molecule is C=[C-]n1nnc2ccc[c-]c21.[Li+].[Li+]. The molecule has 3 nitrogen and oxygen atoms in total. The van der Waals surface area contributed by atoms with Crippen LogP contribution in [-0.4, -0.2) is 15.0 Å². The number of fused-ring (bicyclic) bond motifs is 1. The Hall–Kier alpha value is -0.445. The van der Waals surface area contributed by atoms with E-state index < -0.39 is 0 Å². The van der Waals surface area contributed by atoms with Gasteiger partial charge in [0.05, 0.1) is 0 Å². The Morgan fingerprint density at radius 1 is 1.46 bits per heavy atom. The molecule has 1 aromatic heterocycles. The molecule has 2 aromatic rings. The van der Waals surface area contributed by atoms with Gasteiger partial charge < -0.3 is 4.68 Å². The minimum atomic E-state index is 0. The van der Waals surface area contributed by atoms with Gasteiger partial charge >= 0.3 is 37.7 Å². The molecule has 2 rings (SSSR count). The molecule has 0 saturated heterocycles. The maximum absolute atomic E-state index is 3.87. The van der Waals surface area contributed by atoms with Crippen LogP contribution in [0.1, 0.15) is 0 Å². The summed E-state index contributed by atoms with van der Waals surface area (Å²) in [4.78, 5) is 0. The molecule has 0 aliphatic rings. The molecule has 1 heterocycles. The third-order valence-electron chi connectivity index (χ3n) is 1.42. The summed E-state index contributed by atoms with van der Waals surface area (Å²) in [6.45, 7) is 3.47. The maximum Gasteiger partial charge on any atom is 1.00 e. The molecule has 54 valence electrons. The van der Waals surface area contributed by atoms with E-state index in [2.05, 4.69) is 29.2 Å². The molecule has 0 bridgehead atoms. The van der Waals surface area contributed by atoms with Crippen LogP contribution >= 0.6 is 0 Å². The van der Waals surface area contributed by atoms with Crippen LogP contribution in [-0.2, 0) is 0 Å². The van der Waals surface area contributed by atoms with Crippen LogP contribution in [0, 0.1) is 12.3 Å². The monoisotopic (exact) mass is 157 g/mol. The smallest absolute Gasteiger partial charge is 0.408 e. The van der Waals surface area contributed by atoms with Crippen molar-refractivity contribution in [2.75, 3.05) is 0 Å². The second-order valence-corrected chi connectivity index (χ2v) is 2.06. The average molecular weight is 157 g/mol. The van der Waals surface area contributed by atoms with Crippen molar-refractivity contribution in [3.05, 3.63) is 37.0 Å². The van der Waals surface area contributed by atoms with E-state index in [1.54, 1.807) is 6.07 Å². The van der Waals surface area contributed by atoms with Crippen LogP contribution in [0.3, 0.4) is 0 Å². The summed E-state index contributed by atoms with van der Waals surface area (Å²) in [5, 5.41) is 7.64. The van der Waals surface area contributed by atoms with Crippen molar-refractivity contribution < 1.29 is 37.7 Å². The van der Waals surface area contributed by atoms with Crippen molar-refractivity contribution in [2.45, 2.75) is 0 Å². The van der Waals surface area contributed by atoms with Gasteiger partial charge in [-0.3, -0.25) is 6.07 Å². The normalized spacial score (nSPS) is 8.62. The first-order chi connectivity index (χ1) is 5.42. The third-order valence-corrected chi connectivity index (χ3v) is 1.42. The van der Waals surface area contributed by atoms with E-state index in [9.17, 15) is 0 Å². The van der Waals surface area contributed by atoms with Crippen LogP contribution in [0.4, 0.5) is 0 Å². The second kappa shape index (κ2) is 5.32. The zero-order valence-corrected chi connectivity index (χ0v) is 7.78. The Bertz CT molecular complexity index is 397. The van der Waals surface area contributed by atoms with E-state index in [-0.39, 0.29) is 37.7 Å². The molecular formula is C8H5Li2N3. The van der Waals surface area contributed by atoms with E-state index in [0.717, 1.165) is 11.0 Å². The molecule has 0 aliphatic carbocycles. The van der Waals surface area contributed by atoms with Crippen LogP contribution in [0.5, 0.6) is 0 Å². The van der Waals surface area contributed by atoms with Crippen molar-refractivity contribution in [1.82, 2.24) is 15.0 Å². The van der Waals surface area contributed by atoms with Crippen molar-refractivity contribution in [3.63, 3.8) is 0 Å². The second-order valence-electron chi connectivity index (χ2n) is 2.06. The molecule has 0 amide bonds. The zero-order valence-electron chi connectivity index (χ0n) is 7.78. The number of nitrogens with zero attached hydrogens (tertiary/aromatic N) is 3. The summed E-state index contributed by atoms with van der Waals surface area (Å²) in [5.41, 5.74) is 1.62. The maximum atomic E-state index is 3.87. The Kier molecular flexibility index (Phi) is 5.14. The van der Waals surface area contributed by atoms with Gasteiger partial charge in [-0.1, -0.05) is 5.52 Å².